The lowest BCUT2D eigenvalue weighted by Gasteiger charge is -2.11. The van der Waals surface area contributed by atoms with Gasteiger partial charge in [0.1, 0.15) is 12.4 Å². The first-order valence-electron chi connectivity index (χ1n) is 6.81. The van der Waals surface area contributed by atoms with Gasteiger partial charge >= 0.3 is 0 Å². The van der Waals surface area contributed by atoms with Crippen molar-refractivity contribution in [3.05, 3.63) is 64.7 Å². The molecule has 1 N–H and O–H groups in total. The molecule has 0 fully saturated rings. The Bertz CT molecular complexity index is 539. The van der Waals surface area contributed by atoms with Crippen LogP contribution in [0, 0.1) is 0 Å². The molecule has 2 nitrogen and oxygen atoms in total. The first-order chi connectivity index (χ1) is 9.67. The predicted molar refractivity (Wildman–Crippen MR) is 84.5 cm³/mol. The molecule has 2 aromatic carbocycles. The third kappa shape index (κ3) is 4.55. The first-order valence-corrected chi connectivity index (χ1v) is 7.18. The van der Waals surface area contributed by atoms with Crippen LogP contribution >= 0.6 is 11.6 Å². The van der Waals surface area contributed by atoms with Crippen LogP contribution in [0.4, 0.5) is 0 Å². The van der Waals surface area contributed by atoms with Gasteiger partial charge in [-0.05, 0) is 55.8 Å². The van der Waals surface area contributed by atoms with Crippen molar-refractivity contribution in [3.63, 3.8) is 0 Å². The van der Waals surface area contributed by atoms with Crippen LogP contribution in [0.3, 0.4) is 0 Å². The molecule has 1 unspecified atom stereocenters. The molecule has 0 spiro atoms. The Hall–Kier alpha value is -1.51. The summed E-state index contributed by atoms with van der Waals surface area (Å²) in [5, 5.41) is 3.97. The molecule has 0 aliphatic rings. The number of rotatable bonds is 6. The molecule has 3 heteroatoms. The van der Waals surface area contributed by atoms with Crippen molar-refractivity contribution in [3.8, 4) is 5.75 Å². The fourth-order valence-corrected chi connectivity index (χ4v) is 2.18. The van der Waals surface area contributed by atoms with E-state index >= 15 is 0 Å². The minimum absolute atomic E-state index is 0.480. The van der Waals surface area contributed by atoms with Crippen LogP contribution in [0.2, 0.25) is 5.02 Å². The fourth-order valence-electron chi connectivity index (χ4n) is 1.97. The Morgan fingerprint density at radius 3 is 2.50 bits per heavy atom. The number of ether oxygens (including phenoxy) is 1. The SMILES string of the molecule is CNC(C)Cc1ccc(OCc2cccc(Cl)c2)cc1. The van der Waals surface area contributed by atoms with Crippen LogP contribution in [0.15, 0.2) is 48.5 Å². The van der Waals surface area contributed by atoms with E-state index in [1.165, 1.54) is 5.56 Å². The van der Waals surface area contributed by atoms with Gasteiger partial charge in [-0.1, -0.05) is 35.9 Å². The number of hydrogen-bond acceptors (Lipinski definition) is 2. The maximum atomic E-state index is 5.95. The summed E-state index contributed by atoms with van der Waals surface area (Å²) in [5.74, 6) is 0.880. The number of benzene rings is 2. The molecule has 0 saturated heterocycles. The number of halogens is 1. The first kappa shape index (κ1) is 14.9. The highest BCUT2D eigenvalue weighted by Crippen LogP contribution is 2.17. The molecule has 0 radical (unpaired) electrons. The quantitative estimate of drug-likeness (QED) is 0.865. The van der Waals surface area contributed by atoms with Crippen molar-refractivity contribution in [1.29, 1.82) is 0 Å². The van der Waals surface area contributed by atoms with Crippen molar-refractivity contribution in [2.75, 3.05) is 7.05 Å². The Balaban J connectivity index is 1.90. The van der Waals surface area contributed by atoms with Crippen LogP contribution in [0.1, 0.15) is 18.1 Å². The molecular formula is C17H20ClNO. The topological polar surface area (TPSA) is 21.3 Å². The molecule has 0 amide bonds. The lowest BCUT2D eigenvalue weighted by Crippen LogP contribution is -2.23. The van der Waals surface area contributed by atoms with Crippen LogP contribution in [-0.2, 0) is 13.0 Å². The molecule has 20 heavy (non-hydrogen) atoms. The molecule has 0 aromatic heterocycles. The summed E-state index contributed by atoms with van der Waals surface area (Å²) in [6.07, 6.45) is 1.02. The van der Waals surface area contributed by atoms with E-state index in [0.29, 0.717) is 12.6 Å². The molecule has 106 valence electrons. The zero-order valence-corrected chi connectivity index (χ0v) is 12.7. The molecule has 0 heterocycles. The Morgan fingerprint density at radius 1 is 1.10 bits per heavy atom. The summed E-state index contributed by atoms with van der Waals surface area (Å²) in [5.41, 5.74) is 2.38. The van der Waals surface area contributed by atoms with Gasteiger partial charge in [-0.25, -0.2) is 0 Å². The largest absolute Gasteiger partial charge is 0.489 e. The average Bonchev–Trinajstić information content (AvgIpc) is 2.46. The van der Waals surface area contributed by atoms with Gasteiger partial charge in [0, 0.05) is 11.1 Å². The van der Waals surface area contributed by atoms with Gasteiger partial charge in [0.15, 0.2) is 0 Å². The molecule has 2 aromatic rings. The number of likely N-dealkylation sites (N-methyl/N-ethyl adjacent to an activating group) is 1. The van der Waals surface area contributed by atoms with Crippen molar-refractivity contribution < 1.29 is 4.74 Å². The zero-order valence-electron chi connectivity index (χ0n) is 11.9. The van der Waals surface area contributed by atoms with Gasteiger partial charge in [-0.3, -0.25) is 0 Å². The van der Waals surface area contributed by atoms with Crippen LogP contribution in [-0.4, -0.2) is 13.1 Å². The Morgan fingerprint density at radius 2 is 1.85 bits per heavy atom. The maximum Gasteiger partial charge on any atom is 0.119 e. The summed E-state index contributed by atoms with van der Waals surface area (Å²) in [4.78, 5) is 0. The third-order valence-electron chi connectivity index (χ3n) is 3.25. The van der Waals surface area contributed by atoms with E-state index in [1.54, 1.807) is 0 Å². The van der Waals surface area contributed by atoms with Gasteiger partial charge in [0.2, 0.25) is 0 Å². The van der Waals surface area contributed by atoms with Crippen LogP contribution in [0.5, 0.6) is 5.75 Å². The molecular weight excluding hydrogens is 270 g/mol. The van der Waals surface area contributed by atoms with E-state index < -0.39 is 0 Å². The van der Waals surface area contributed by atoms with Crippen LogP contribution in [0.25, 0.3) is 0 Å². The number of hydrogen-bond donors (Lipinski definition) is 1. The predicted octanol–water partition coefficient (Wildman–Crippen LogP) is 4.07. The fraction of sp³-hybridized carbons (Fsp3) is 0.294. The molecule has 0 aliphatic heterocycles. The molecule has 2 rings (SSSR count). The van der Waals surface area contributed by atoms with E-state index in [4.69, 9.17) is 16.3 Å². The summed E-state index contributed by atoms with van der Waals surface area (Å²) in [6.45, 7) is 2.70. The van der Waals surface area contributed by atoms with Gasteiger partial charge in [-0.15, -0.1) is 0 Å². The maximum absolute atomic E-state index is 5.95. The van der Waals surface area contributed by atoms with E-state index in [2.05, 4.69) is 24.4 Å². The lowest BCUT2D eigenvalue weighted by molar-refractivity contribution is 0.306. The van der Waals surface area contributed by atoms with E-state index in [0.717, 1.165) is 22.8 Å². The second-order valence-corrected chi connectivity index (χ2v) is 5.39. The van der Waals surface area contributed by atoms with Crippen molar-refractivity contribution >= 4 is 11.6 Å². The lowest BCUT2D eigenvalue weighted by atomic mass is 10.1. The summed E-state index contributed by atoms with van der Waals surface area (Å²) >= 11 is 5.95. The van der Waals surface area contributed by atoms with Gasteiger partial charge < -0.3 is 10.1 Å². The monoisotopic (exact) mass is 289 g/mol. The van der Waals surface area contributed by atoms with E-state index in [9.17, 15) is 0 Å². The normalized spacial score (nSPS) is 12.2. The minimum atomic E-state index is 0.480. The van der Waals surface area contributed by atoms with E-state index in [1.807, 2.05) is 43.4 Å². The summed E-state index contributed by atoms with van der Waals surface area (Å²) < 4.78 is 5.76. The summed E-state index contributed by atoms with van der Waals surface area (Å²) in [6, 6.07) is 16.5. The van der Waals surface area contributed by atoms with Crippen molar-refractivity contribution in [2.24, 2.45) is 0 Å². The van der Waals surface area contributed by atoms with Crippen molar-refractivity contribution in [1.82, 2.24) is 5.32 Å². The van der Waals surface area contributed by atoms with Crippen LogP contribution < -0.4 is 10.1 Å². The average molecular weight is 290 g/mol. The minimum Gasteiger partial charge on any atom is -0.489 e. The Labute approximate surface area is 125 Å². The Kier molecular flexibility index (Phi) is 5.45. The molecule has 0 aliphatic carbocycles. The molecule has 0 saturated carbocycles. The highest BCUT2D eigenvalue weighted by atomic mass is 35.5. The van der Waals surface area contributed by atoms with E-state index in [-0.39, 0.29) is 0 Å². The zero-order chi connectivity index (χ0) is 14.4. The second-order valence-electron chi connectivity index (χ2n) is 4.96. The third-order valence-corrected chi connectivity index (χ3v) is 3.49. The van der Waals surface area contributed by atoms with Crippen molar-refractivity contribution in [2.45, 2.75) is 26.0 Å². The second kappa shape index (κ2) is 7.32. The van der Waals surface area contributed by atoms with Gasteiger partial charge in [-0.2, -0.15) is 0 Å². The number of nitrogens with one attached hydrogen (secondary N) is 1. The summed E-state index contributed by atoms with van der Waals surface area (Å²) in [7, 11) is 1.98. The highest BCUT2D eigenvalue weighted by molar-refractivity contribution is 6.30. The smallest absolute Gasteiger partial charge is 0.119 e. The highest BCUT2D eigenvalue weighted by Gasteiger charge is 2.01. The molecule has 1 atom stereocenters. The molecule has 0 bridgehead atoms. The standard InChI is InChI=1S/C17H20ClNO/c1-13(19-2)10-14-6-8-17(9-7-14)20-12-15-4-3-5-16(18)11-15/h3-9,11,13,19H,10,12H2,1-2H3. The van der Waals surface area contributed by atoms with Gasteiger partial charge in [0.25, 0.3) is 0 Å². The van der Waals surface area contributed by atoms with Gasteiger partial charge in [0.05, 0.1) is 0 Å².